The molecule has 0 spiro atoms. The van der Waals surface area contributed by atoms with Gasteiger partial charge in [0.1, 0.15) is 0 Å². The van der Waals surface area contributed by atoms with Crippen LogP contribution in [0, 0.1) is 6.92 Å². The molecule has 1 aromatic carbocycles. The molecule has 1 aliphatic heterocycles. The van der Waals surface area contributed by atoms with Crippen LogP contribution in [0.2, 0.25) is 0 Å². The van der Waals surface area contributed by atoms with Crippen molar-refractivity contribution < 1.29 is 0 Å². The molecule has 0 aliphatic carbocycles. The summed E-state index contributed by atoms with van der Waals surface area (Å²) in [6.45, 7) is 13.5. The first-order valence-electron chi connectivity index (χ1n) is 7.56. The van der Waals surface area contributed by atoms with E-state index in [4.69, 9.17) is 0 Å². The first-order chi connectivity index (χ1) is 9.24. The Morgan fingerprint density at radius 1 is 1.11 bits per heavy atom. The average Bonchev–Trinajstić information content (AvgIpc) is 2.46. The SMILES string of the molecule is CCCNc1ccc(N2CCN(CC)CC2)cc1C. The predicted molar refractivity (Wildman–Crippen MR) is 84.3 cm³/mol. The average molecular weight is 261 g/mol. The Balaban J connectivity index is 1.99. The van der Waals surface area contributed by atoms with Gasteiger partial charge in [0.2, 0.25) is 0 Å². The molecule has 1 N–H and O–H groups in total. The van der Waals surface area contributed by atoms with Crippen molar-refractivity contribution in [3.05, 3.63) is 23.8 Å². The number of benzene rings is 1. The van der Waals surface area contributed by atoms with Crippen molar-refractivity contribution in [2.24, 2.45) is 0 Å². The zero-order chi connectivity index (χ0) is 13.7. The summed E-state index contributed by atoms with van der Waals surface area (Å²) in [7, 11) is 0. The fourth-order valence-electron chi connectivity index (χ4n) is 2.62. The molecule has 106 valence electrons. The van der Waals surface area contributed by atoms with Crippen LogP contribution in [0.3, 0.4) is 0 Å². The molecule has 1 aromatic rings. The number of aryl methyl sites for hydroxylation is 1. The lowest BCUT2D eigenvalue weighted by molar-refractivity contribution is 0.271. The minimum atomic E-state index is 1.05. The number of piperazine rings is 1. The summed E-state index contributed by atoms with van der Waals surface area (Å²) >= 11 is 0. The van der Waals surface area contributed by atoms with Crippen LogP contribution in [0.1, 0.15) is 25.8 Å². The number of nitrogens with one attached hydrogen (secondary N) is 1. The van der Waals surface area contributed by atoms with Crippen LogP contribution in [0.5, 0.6) is 0 Å². The van der Waals surface area contributed by atoms with Gasteiger partial charge in [0.15, 0.2) is 0 Å². The lowest BCUT2D eigenvalue weighted by Crippen LogP contribution is -2.46. The second kappa shape index (κ2) is 6.80. The molecule has 1 heterocycles. The van der Waals surface area contributed by atoms with Gasteiger partial charge >= 0.3 is 0 Å². The fourth-order valence-corrected chi connectivity index (χ4v) is 2.62. The lowest BCUT2D eigenvalue weighted by atomic mass is 10.1. The van der Waals surface area contributed by atoms with Crippen LogP contribution in [0.25, 0.3) is 0 Å². The van der Waals surface area contributed by atoms with Gasteiger partial charge in [-0.2, -0.15) is 0 Å². The van der Waals surface area contributed by atoms with E-state index in [9.17, 15) is 0 Å². The molecule has 0 aromatic heterocycles. The summed E-state index contributed by atoms with van der Waals surface area (Å²) < 4.78 is 0. The van der Waals surface area contributed by atoms with Crippen molar-refractivity contribution in [1.82, 2.24) is 4.90 Å². The summed E-state index contributed by atoms with van der Waals surface area (Å²) in [6, 6.07) is 6.80. The molecule has 1 aliphatic rings. The smallest absolute Gasteiger partial charge is 0.0371 e. The topological polar surface area (TPSA) is 18.5 Å². The molecule has 19 heavy (non-hydrogen) atoms. The van der Waals surface area contributed by atoms with Crippen LogP contribution >= 0.6 is 0 Å². The summed E-state index contributed by atoms with van der Waals surface area (Å²) in [5, 5.41) is 3.48. The first-order valence-corrected chi connectivity index (χ1v) is 7.56. The third-order valence-electron chi connectivity index (χ3n) is 3.96. The van der Waals surface area contributed by atoms with Crippen molar-refractivity contribution in [1.29, 1.82) is 0 Å². The van der Waals surface area contributed by atoms with E-state index in [0.717, 1.165) is 19.6 Å². The molecular formula is C16H27N3. The van der Waals surface area contributed by atoms with Gasteiger partial charge in [0.05, 0.1) is 0 Å². The Bertz CT molecular complexity index is 395. The van der Waals surface area contributed by atoms with Gasteiger partial charge in [-0.05, 0) is 43.7 Å². The van der Waals surface area contributed by atoms with Gasteiger partial charge in [-0.25, -0.2) is 0 Å². The number of anilines is 2. The van der Waals surface area contributed by atoms with Gasteiger partial charge in [-0.1, -0.05) is 13.8 Å². The van der Waals surface area contributed by atoms with E-state index in [1.165, 1.54) is 43.0 Å². The maximum Gasteiger partial charge on any atom is 0.0371 e. The monoisotopic (exact) mass is 261 g/mol. The highest BCUT2D eigenvalue weighted by Crippen LogP contribution is 2.23. The second-order valence-corrected chi connectivity index (χ2v) is 5.35. The summed E-state index contributed by atoms with van der Waals surface area (Å²) in [4.78, 5) is 5.02. The largest absolute Gasteiger partial charge is 0.385 e. The van der Waals surface area contributed by atoms with Crippen molar-refractivity contribution >= 4 is 11.4 Å². The quantitative estimate of drug-likeness (QED) is 0.879. The number of rotatable bonds is 5. The number of nitrogens with zero attached hydrogens (tertiary/aromatic N) is 2. The van der Waals surface area contributed by atoms with Crippen molar-refractivity contribution in [2.75, 3.05) is 49.5 Å². The van der Waals surface area contributed by atoms with E-state index in [0.29, 0.717) is 0 Å². The van der Waals surface area contributed by atoms with Gasteiger partial charge < -0.3 is 15.1 Å². The Morgan fingerprint density at radius 2 is 1.84 bits per heavy atom. The molecule has 0 saturated carbocycles. The Hall–Kier alpha value is -1.22. The zero-order valence-corrected chi connectivity index (χ0v) is 12.6. The third-order valence-corrected chi connectivity index (χ3v) is 3.96. The molecule has 0 atom stereocenters. The molecule has 1 saturated heterocycles. The van der Waals surface area contributed by atoms with Crippen LogP contribution < -0.4 is 10.2 Å². The van der Waals surface area contributed by atoms with Crippen molar-refractivity contribution in [2.45, 2.75) is 27.2 Å². The van der Waals surface area contributed by atoms with Gasteiger partial charge in [0, 0.05) is 44.1 Å². The van der Waals surface area contributed by atoms with E-state index in [2.05, 4.69) is 54.1 Å². The maximum absolute atomic E-state index is 3.48. The molecule has 3 nitrogen and oxygen atoms in total. The predicted octanol–water partition coefficient (Wildman–Crippen LogP) is 2.96. The van der Waals surface area contributed by atoms with E-state index in [1.54, 1.807) is 0 Å². The van der Waals surface area contributed by atoms with Crippen molar-refractivity contribution in [3.63, 3.8) is 0 Å². The Morgan fingerprint density at radius 3 is 2.42 bits per heavy atom. The first kappa shape index (κ1) is 14.2. The molecule has 0 unspecified atom stereocenters. The van der Waals surface area contributed by atoms with Crippen LogP contribution in [0.15, 0.2) is 18.2 Å². The minimum Gasteiger partial charge on any atom is -0.385 e. The molecule has 0 amide bonds. The number of hydrogen-bond acceptors (Lipinski definition) is 3. The van der Waals surface area contributed by atoms with Crippen LogP contribution in [-0.4, -0.2) is 44.2 Å². The van der Waals surface area contributed by atoms with E-state index in [-0.39, 0.29) is 0 Å². The fraction of sp³-hybridized carbons (Fsp3) is 0.625. The molecule has 0 bridgehead atoms. The van der Waals surface area contributed by atoms with Gasteiger partial charge in [-0.15, -0.1) is 0 Å². The maximum atomic E-state index is 3.48. The third kappa shape index (κ3) is 3.63. The number of likely N-dealkylation sites (N-methyl/N-ethyl adjacent to an activating group) is 1. The minimum absolute atomic E-state index is 1.05. The van der Waals surface area contributed by atoms with E-state index < -0.39 is 0 Å². The van der Waals surface area contributed by atoms with Crippen LogP contribution in [-0.2, 0) is 0 Å². The van der Waals surface area contributed by atoms with Crippen LogP contribution in [0.4, 0.5) is 11.4 Å². The Labute approximate surface area is 117 Å². The summed E-state index contributed by atoms with van der Waals surface area (Å²) in [6.07, 6.45) is 1.17. The normalized spacial score (nSPS) is 16.7. The van der Waals surface area contributed by atoms with Gasteiger partial charge in [-0.3, -0.25) is 0 Å². The van der Waals surface area contributed by atoms with E-state index >= 15 is 0 Å². The highest BCUT2D eigenvalue weighted by molar-refractivity contribution is 5.60. The summed E-state index contributed by atoms with van der Waals surface area (Å²) in [5.41, 5.74) is 4.00. The molecule has 3 heteroatoms. The Kier molecular flexibility index (Phi) is 5.08. The molecule has 2 rings (SSSR count). The molecular weight excluding hydrogens is 234 g/mol. The van der Waals surface area contributed by atoms with Gasteiger partial charge in [0.25, 0.3) is 0 Å². The summed E-state index contributed by atoms with van der Waals surface area (Å²) in [5.74, 6) is 0. The standard InChI is InChI=1S/C16H27N3/c1-4-8-17-16-7-6-15(13-14(16)3)19-11-9-18(5-2)10-12-19/h6-7,13,17H,4-5,8-12H2,1-3H3. The highest BCUT2D eigenvalue weighted by atomic mass is 15.3. The number of hydrogen-bond donors (Lipinski definition) is 1. The second-order valence-electron chi connectivity index (χ2n) is 5.35. The zero-order valence-electron chi connectivity index (χ0n) is 12.6. The van der Waals surface area contributed by atoms with Crippen molar-refractivity contribution in [3.8, 4) is 0 Å². The van der Waals surface area contributed by atoms with E-state index in [1.807, 2.05) is 0 Å². The lowest BCUT2D eigenvalue weighted by Gasteiger charge is -2.35. The molecule has 0 radical (unpaired) electrons. The highest BCUT2D eigenvalue weighted by Gasteiger charge is 2.16. The molecule has 1 fully saturated rings.